The molecule has 0 saturated carbocycles. The number of hydrogen-bond acceptors (Lipinski definition) is 7. The minimum Gasteiger partial charge on any atom is -0.381 e. The lowest BCUT2D eigenvalue weighted by atomic mass is 9.81. The highest BCUT2D eigenvalue weighted by atomic mass is 16.5. The summed E-state index contributed by atoms with van der Waals surface area (Å²) in [6.07, 6.45) is 6.90. The zero-order valence-electron chi connectivity index (χ0n) is 14.9. The van der Waals surface area contributed by atoms with E-state index in [1.54, 1.807) is 12.4 Å². The van der Waals surface area contributed by atoms with E-state index in [1.165, 1.54) is 6.33 Å². The molecule has 0 N–H and O–H groups in total. The molecule has 0 aliphatic carbocycles. The molecule has 0 bridgehead atoms. The second-order valence-corrected chi connectivity index (χ2v) is 7.21. The fourth-order valence-electron chi connectivity index (χ4n) is 4.03. The van der Waals surface area contributed by atoms with Crippen molar-refractivity contribution < 1.29 is 14.1 Å². The van der Waals surface area contributed by atoms with Crippen LogP contribution in [-0.4, -0.2) is 57.2 Å². The zero-order chi connectivity index (χ0) is 17.9. The molecule has 1 amide bonds. The van der Waals surface area contributed by atoms with Crippen LogP contribution in [0, 0.1) is 24.7 Å². The van der Waals surface area contributed by atoms with Gasteiger partial charge in [0.2, 0.25) is 11.8 Å². The van der Waals surface area contributed by atoms with Gasteiger partial charge in [-0.2, -0.15) is 4.98 Å². The molecule has 2 aromatic rings. The van der Waals surface area contributed by atoms with E-state index in [0.29, 0.717) is 55.3 Å². The van der Waals surface area contributed by atoms with Crippen molar-refractivity contribution >= 4 is 5.91 Å². The molecule has 3 atom stereocenters. The Hall–Kier alpha value is -2.35. The Morgan fingerprint density at radius 2 is 2.12 bits per heavy atom. The van der Waals surface area contributed by atoms with Crippen LogP contribution in [0.3, 0.4) is 0 Å². The van der Waals surface area contributed by atoms with Crippen LogP contribution < -0.4 is 0 Å². The maximum Gasteiger partial charge on any atom is 0.227 e. The van der Waals surface area contributed by atoms with Gasteiger partial charge in [-0.3, -0.25) is 4.79 Å². The molecule has 8 heteroatoms. The molecule has 0 unspecified atom stereocenters. The summed E-state index contributed by atoms with van der Waals surface area (Å²) in [7, 11) is 0. The van der Waals surface area contributed by atoms with Gasteiger partial charge in [0.15, 0.2) is 5.82 Å². The molecular weight excluding hydrogens is 334 g/mol. The Labute approximate surface area is 152 Å². The van der Waals surface area contributed by atoms with Crippen molar-refractivity contribution in [1.82, 2.24) is 25.0 Å². The lowest BCUT2D eigenvalue weighted by Gasteiger charge is -2.31. The molecule has 2 aliphatic heterocycles. The number of nitrogens with zero attached hydrogens (tertiary/aromatic N) is 5. The third-order valence-corrected chi connectivity index (χ3v) is 5.36. The number of fused-ring (bicyclic) bond motifs is 1. The summed E-state index contributed by atoms with van der Waals surface area (Å²) in [5.74, 6) is 2.64. The van der Waals surface area contributed by atoms with Crippen molar-refractivity contribution in [3.63, 3.8) is 0 Å². The van der Waals surface area contributed by atoms with E-state index in [0.717, 1.165) is 25.3 Å². The van der Waals surface area contributed by atoms with Gasteiger partial charge in [-0.25, -0.2) is 9.97 Å². The largest absolute Gasteiger partial charge is 0.381 e. The number of likely N-dealkylation sites (tertiary alicyclic amines) is 1. The van der Waals surface area contributed by atoms with Crippen LogP contribution in [-0.2, 0) is 22.4 Å². The van der Waals surface area contributed by atoms with Gasteiger partial charge in [-0.1, -0.05) is 5.16 Å². The maximum absolute atomic E-state index is 12.6. The first-order valence-corrected chi connectivity index (χ1v) is 9.07. The Morgan fingerprint density at radius 3 is 2.88 bits per heavy atom. The van der Waals surface area contributed by atoms with E-state index >= 15 is 0 Å². The van der Waals surface area contributed by atoms with Crippen LogP contribution in [0.2, 0.25) is 0 Å². The number of rotatable bonds is 5. The van der Waals surface area contributed by atoms with E-state index < -0.39 is 0 Å². The summed E-state index contributed by atoms with van der Waals surface area (Å²) in [5.41, 5.74) is 0.991. The Kier molecular flexibility index (Phi) is 4.92. The van der Waals surface area contributed by atoms with Gasteiger partial charge in [-0.05, 0) is 30.7 Å². The first kappa shape index (κ1) is 17.1. The molecule has 26 heavy (non-hydrogen) atoms. The molecule has 2 aromatic heterocycles. The Bertz CT molecular complexity index is 750. The van der Waals surface area contributed by atoms with Gasteiger partial charge >= 0.3 is 0 Å². The number of aryl methyl sites for hydroxylation is 2. The van der Waals surface area contributed by atoms with E-state index in [9.17, 15) is 4.79 Å². The smallest absolute Gasteiger partial charge is 0.227 e. The maximum atomic E-state index is 12.6. The monoisotopic (exact) mass is 357 g/mol. The lowest BCUT2D eigenvalue weighted by Crippen LogP contribution is -2.36. The predicted molar refractivity (Wildman–Crippen MR) is 91.0 cm³/mol. The number of ether oxygens (including phenoxy) is 1. The summed E-state index contributed by atoms with van der Waals surface area (Å²) >= 11 is 0. The SMILES string of the molecule is Cc1noc(C[C@@H]2COC[C@H]3CN(C(=O)CCc4cncnc4)C[C@@H]23)n1. The Balaban J connectivity index is 1.35. The fourth-order valence-corrected chi connectivity index (χ4v) is 4.03. The minimum absolute atomic E-state index is 0.190. The van der Waals surface area contributed by atoms with Gasteiger partial charge in [0.25, 0.3) is 0 Å². The van der Waals surface area contributed by atoms with Crippen molar-refractivity contribution in [2.75, 3.05) is 26.3 Å². The van der Waals surface area contributed by atoms with Crippen LogP contribution in [0.1, 0.15) is 23.7 Å². The number of aromatic nitrogens is 4. The molecule has 2 saturated heterocycles. The minimum atomic E-state index is 0.190. The van der Waals surface area contributed by atoms with Gasteiger partial charge in [0, 0.05) is 44.2 Å². The van der Waals surface area contributed by atoms with Gasteiger partial charge in [0.05, 0.1) is 13.2 Å². The van der Waals surface area contributed by atoms with Gasteiger partial charge in [-0.15, -0.1) is 0 Å². The first-order chi connectivity index (χ1) is 12.7. The van der Waals surface area contributed by atoms with Crippen LogP contribution in [0.4, 0.5) is 0 Å². The van der Waals surface area contributed by atoms with Crippen LogP contribution in [0.15, 0.2) is 23.2 Å². The van der Waals surface area contributed by atoms with E-state index in [-0.39, 0.29) is 5.91 Å². The Morgan fingerprint density at radius 1 is 1.27 bits per heavy atom. The van der Waals surface area contributed by atoms with Crippen LogP contribution in [0.5, 0.6) is 0 Å². The van der Waals surface area contributed by atoms with Crippen molar-refractivity contribution in [2.45, 2.75) is 26.2 Å². The molecule has 8 nitrogen and oxygen atoms in total. The predicted octanol–water partition coefficient (Wildman–Crippen LogP) is 1.06. The molecule has 4 rings (SSSR count). The highest BCUT2D eigenvalue weighted by Crippen LogP contribution is 2.36. The van der Waals surface area contributed by atoms with Gasteiger partial charge < -0.3 is 14.2 Å². The summed E-state index contributed by atoms with van der Waals surface area (Å²) in [6.45, 7) is 4.79. The summed E-state index contributed by atoms with van der Waals surface area (Å²) < 4.78 is 11.1. The van der Waals surface area contributed by atoms with Crippen LogP contribution in [0.25, 0.3) is 0 Å². The van der Waals surface area contributed by atoms with E-state index in [1.807, 2.05) is 11.8 Å². The standard InChI is InChI=1S/C18H23N5O3/c1-12-21-17(26-22-12)4-14-9-25-10-15-7-23(8-16(14)15)18(24)3-2-13-5-19-11-20-6-13/h5-6,11,14-16H,2-4,7-10H2,1H3/t14-,15-,16+/m1/s1. The molecule has 0 aromatic carbocycles. The number of carbonyl (C=O) groups excluding carboxylic acids is 1. The number of hydrogen-bond donors (Lipinski definition) is 0. The van der Waals surface area contributed by atoms with Crippen molar-refractivity contribution in [2.24, 2.45) is 17.8 Å². The van der Waals surface area contributed by atoms with E-state index in [2.05, 4.69) is 20.1 Å². The second kappa shape index (κ2) is 7.49. The summed E-state index contributed by atoms with van der Waals surface area (Å²) in [4.78, 5) is 26.9. The topological polar surface area (TPSA) is 94.2 Å². The molecular formula is C18H23N5O3. The highest BCUT2D eigenvalue weighted by Gasteiger charge is 2.42. The average Bonchev–Trinajstić information content (AvgIpc) is 3.27. The quantitative estimate of drug-likeness (QED) is 0.790. The van der Waals surface area contributed by atoms with Crippen molar-refractivity contribution in [3.8, 4) is 0 Å². The lowest BCUT2D eigenvalue weighted by molar-refractivity contribution is -0.130. The number of amides is 1. The summed E-state index contributed by atoms with van der Waals surface area (Å²) in [6, 6.07) is 0. The van der Waals surface area contributed by atoms with E-state index in [4.69, 9.17) is 9.26 Å². The van der Waals surface area contributed by atoms with Crippen molar-refractivity contribution in [3.05, 3.63) is 36.0 Å². The van der Waals surface area contributed by atoms with Gasteiger partial charge in [0.1, 0.15) is 6.33 Å². The number of carbonyl (C=O) groups is 1. The molecule has 2 aliphatic rings. The first-order valence-electron chi connectivity index (χ1n) is 9.07. The molecule has 138 valence electrons. The molecule has 2 fully saturated rings. The molecule has 4 heterocycles. The second-order valence-electron chi connectivity index (χ2n) is 7.21. The molecule has 0 spiro atoms. The zero-order valence-corrected chi connectivity index (χ0v) is 14.9. The fraction of sp³-hybridized carbons (Fsp3) is 0.611. The van der Waals surface area contributed by atoms with Crippen LogP contribution >= 0.6 is 0 Å². The summed E-state index contributed by atoms with van der Waals surface area (Å²) in [5, 5.41) is 3.86. The highest BCUT2D eigenvalue weighted by molar-refractivity contribution is 5.76. The molecule has 0 radical (unpaired) electrons. The van der Waals surface area contributed by atoms with Crippen molar-refractivity contribution in [1.29, 1.82) is 0 Å². The average molecular weight is 357 g/mol. The normalized spacial score (nSPS) is 25.3. The third kappa shape index (κ3) is 3.75. The third-order valence-electron chi connectivity index (χ3n) is 5.36.